The predicted octanol–water partition coefficient (Wildman–Crippen LogP) is 4.72. The summed E-state index contributed by atoms with van der Waals surface area (Å²) < 4.78 is 84.8. The van der Waals surface area contributed by atoms with Gasteiger partial charge in [-0.05, 0) is 36.4 Å². The van der Waals surface area contributed by atoms with E-state index in [1.54, 1.807) is 0 Å². The van der Waals surface area contributed by atoms with Crippen LogP contribution in [0.5, 0.6) is 0 Å². The van der Waals surface area contributed by atoms with E-state index in [0.29, 0.717) is 17.1 Å². The van der Waals surface area contributed by atoms with Gasteiger partial charge in [0.2, 0.25) is 0 Å². The molecule has 0 radical (unpaired) electrons. The quantitative estimate of drug-likeness (QED) is 0.126. The summed E-state index contributed by atoms with van der Waals surface area (Å²) in [4.78, 5) is 22.3. The van der Waals surface area contributed by atoms with E-state index in [2.05, 4.69) is 5.32 Å². The number of nitrogens with zero attached hydrogens (tertiary/aromatic N) is 1. The van der Waals surface area contributed by atoms with Gasteiger partial charge in [0.25, 0.3) is 0 Å². The van der Waals surface area contributed by atoms with Crippen LogP contribution in [0.1, 0.15) is 43.0 Å². The minimum absolute atomic E-state index is 0.0985. The highest BCUT2D eigenvalue weighted by molar-refractivity contribution is 5.91. The number of nitrogens with two attached hydrogens (primary N) is 3. The first-order valence-corrected chi connectivity index (χ1v) is 10.7. The number of carbonyl (C=O) groups is 2. The van der Waals surface area contributed by atoms with Crippen molar-refractivity contribution in [1.29, 1.82) is 0 Å². The van der Waals surface area contributed by atoms with Crippen LogP contribution < -0.4 is 27.6 Å². The van der Waals surface area contributed by atoms with Gasteiger partial charge >= 0.3 is 24.3 Å². The third-order valence-corrected chi connectivity index (χ3v) is 5.35. The molecule has 0 saturated heterocycles. The second-order valence-corrected chi connectivity index (χ2v) is 8.03. The van der Waals surface area contributed by atoms with Gasteiger partial charge in [-0.25, -0.2) is 15.4 Å². The largest absolute Gasteiger partial charge is 0.478 e. The van der Waals surface area contributed by atoms with E-state index < -0.39 is 46.5 Å². The monoisotopic (exact) mass is 571 g/mol. The van der Waals surface area contributed by atoms with Crippen molar-refractivity contribution in [3.05, 3.63) is 94.7 Å². The number of nitrogens with one attached hydrogen (secondary N) is 1. The summed E-state index contributed by atoms with van der Waals surface area (Å²) in [5, 5.41) is 21.2. The molecule has 0 spiro atoms. The Bertz CT molecular complexity index is 1510. The molecule has 0 aliphatic heterocycles. The highest BCUT2D eigenvalue weighted by atomic mass is 19.4. The second kappa shape index (κ2) is 10.9. The molecule has 16 heteroatoms. The van der Waals surface area contributed by atoms with Crippen LogP contribution >= 0.6 is 0 Å². The Labute approximate surface area is 220 Å². The molecular formula is C24H19F6N5O5. The fourth-order valence-corrected chi connectivity index (χ4v) is 3.45. The lowest BCUT2D eigenvalue weighted by atomic mass is 10.1. The first-order valence-electron chi connectivity index (χ1n) is 10.7. The molecule has 0 fully saturated rings. The van der Waals surface area contributed by atoms with Crippen molar-refractivity contribution in [3.63, 3.8) is 0 Å². The SMILES string of the molecule is N/C(=C\Nc1ccc(C(=O)O)c(C(F)(F)F)c1)c1cocc1/C(N)=C/N(N)c1ccc(C(=O)O)c(C(F)(F)F)c1. The number of anilines is 2. The van der Waals surface area contributed by atoms with Crippen molar-refractivity contribution in [1.82, 2.24) is 0 Å². The molecule has 2 aromatic carbocycles. The normalized spacial score (nSPS) is 12.8. The molecule has 0 aliphatic rings. The van der Waals surface area contributed by atoms with E-state index in [-0.39, 0.29) is 33.9 Å². The van der Waals surface area contributed by atoms with Gasteiger partial charge in [0.05, 0.1) is 39.3 Å². The van der Waals surface area contributed by atoms with Crippen LogP contribution in [0, 0.1) is 0 Å². The maximum atomic E-state index is 13.3. The zero-order valence-corrected chi connectivity index (χ0v) is 19.8. The molecule has 0 amide bonds. The van der Waals surface area contributed by atoms with Gasteiger partial charge in [-0.2, -0.15) is 26.3 Å². The Morgan fingerprint density at radius 1 is 0.800 bits per heavy atom. The molecule has 3 rings (SSSR count). The van der Waals surface area contributed by atoms with Crippen LogP contribution in [0.15, 0.2) is 65.7 Å². The molecule has 3 aromatic rings. The maximum Gasteiger partial charge on any atom is 0.417 e. The smallest absolute Gasteiger partial charge is 0.417 e. The van der Waals surface area contributed by atoms with Crippen molar-refractivity contribution in [2.24, 2.45) is 17.3 Å². The van der Waals surface area contributed by atoms with Crippen molar-refractivity contribution in [3.8, 4) is 0 Å². The van der Waals surface area contributed by atoms with E-state index in [1.165, 1.54) is 0 Å². The summed E-state index contributed by atoms with van der Waals surface area (Å²) in [6.07, 6.45) is -5.60. The topological polar surface area (TPSA) is 181 Å². The first kappa shape index (κ1) is 29.4. The molecule has 0 atom stereocenters. The number of carboxylic acid groups (broad SMARTS) is 2. The Morgan fingerprint density at radius 3 is 1.82 bits per heavy atom. The fraction of sp³-hybridized carbons (Fsp3) is 0.0833. The van der Waals surface area contributed by atoms with Gasteiger partial charge in [0, 0.05) is 29.2 Å². The zero-order chi connectivity index (χ0) is 30.0. The molecule has 1 aromatic heterocycles. The second-order valence-electron chi connectivity index (χ2n) is 8.03. The predicted molar refractivity (Wildman–Crippen MR) is 130 cm³/mol. The summed E-state index contributed by atoms with van der Waals surface area (Å²) >= 11 is 0. The third-order valence-electron chi connectivity index (χ3n) is 5.35. The van der Waals surface area contributed by atoms with Gasteiger partial charge in [0.1, 0.15) is 12.5 Å². The number of furan rings is 1. The molecule has 0 aliphatic carbocycles. The number of hydrogen-bond donors (Lipinski definition) is 6. The molecule has 10 nitrogen and oxygen atoms in total. The fourth-order valence-electron chi connectivity index (χ4n) is 3.45. The van der Waals surface area contributed by atoms with E-state index in [1.807, 2.05) is 0 Å². The van der Waals surface area contributed by atoms with Gasteiger partial charge < -0.3 is 31.4 Å². The van der Waals surface area contributed by atoms with E-state index in [9.17, 15) is 35.9 Å². The summed E-state index contributed by atoms with van der Waals surface area (Å²) in [7, 11) is 0. The van der Waals surface area contributed by atoms with Crippen molar-refractivity contribution < 1.29 is 50.6 Å². The summed E-state index contributed by atoms with van der Waals surface area (Å²) in [6, 6.07) is 4.71. The van der Waals surface area contributed by atoms with Gasteiger partial charge in [0.15, 0.2) is 0 Å². The molecule has 0 bridgehead atoms. The van der Waals surface area contributed by atoms with Crippen LogP contribution in [0.25, 0.3) is 11.4 Å². The zero-order valence-electron chi connectivity index (χ0n) is 19.8. The summed E-state index contributed by atoms with van der Waals surface area (Å²) in [6.45, 7) is 0. The Kier molecular flexibility index (Phi) is 8.05. The first-order chi connectivity index (χ1) is 18.5. The number of hydrogen-bond acceptors (Lipinski definition) is 8. The average molecular weight is 571 g/mol. The van der Waals surface area contributed by atoms with Gasteiger partial charge in [-0.3, -0.25) is 5.01 Å². The molecule has 212 valence electrons. The number of carboxylic acids is 2. The maximum absolute atomic E-state index is 13.3. The summed E-state index contributed by atoms with van der Waals surface area (Å²) in [5.74, 6) is 2.27. The third kappa shape index (κ3) is 6.47. The van der Waals surface area contributed by atoms with Crippen LogP contribution in [0.4, 0.5) is 37.7 Å². The highest BCUT2D eigenvalue weighted by Gasteiger charge is 2.36. The lowest BCUT2D eigenvalue weighted by molar-refractivity contribution is -0.138. The number of aromatic carboxylic acids is 2. The Morgan fingerprint density at radius 2 is 1.30 bits per heavy atom. The molecule has 1 heterocycles. The van der Waals surface area contributed by atoms with Gasteiger partial charge in [-0.15, -0.1) is 0 Å². The lowest BCUT2D eigenvalue weighted by Crippen LogP contribution is -2.26. The van der Waals surface area contributed by atoms with Crippen molar-refractivity contribution in [2.45, 2.75) is 12.4 Å². The number of hydrazine groups is 1. The van der Waals surface area contributed by atoms with E-state index in [0.717, 1.165) is 49.2 Å². The number of halogens is 6. The minimum atomic E-state index is -4.99. The summed E-state index contributed by atoms with van der Waals surface area (Å²) in [5.41, 5.74) is 6.79. The number of benzene rings is 2. The molecule has 0 saturated carbocycles. The molecular weight excluding hydrogens is 552 g/mol. The number of alkyl halides is 6. The minimum Gasteiger partial charge on any atom is -0.478 e. The van der Waals surface area contributed by atoms with Crippen LogP contribution in [-0.2, 0) is 12.4 Å². The van der Waals surface area contributed by atoms with Crippen LogP contribution in [-0.4, -0.2) is 22.2 Å². The standard InChI is InChI=1S/C24H19F6N5O5/c25-23(26,27)17-5-11(1-3-13(17)21(36)37)34-7-19(31)15-9-40-10-16(15)20(32)8-35(33)12-2-4-14(22(38)39)18(6-12)24(28,29)30/h1-10,34H,31-33H2,(H,36,37)(H,38,39)/b19-7-,20-8-. The Hall–Kier alpha value is -5.12. The van der Waals surface area contributed by atoms with E-state index in [4.69, 9.17) is 31.9 Å². The van der Waals surface area contributed by atoms with E-state index >= 15 is 0 Å². The highest BCUT2D eigenvalue weighted by Crippen LogP contribution is 2.35. The van der Waals surface area contributed by atoms with Crippen LogP contribution in [0.3, 0.4) is 0 Å². The Balaban J connectivity index is 1.89. The number of rotatable bonds is 8. The molecule has 0 unspecified atom stereocenters. The van der Waals surface area contributed by atoms with Crippen LogP contribution in [0.2, 0.25) is 0 Å². The molecule has 40 heavy (non-hydrogen) atoms. The van der Waals surface area contributed by atoms with Crippen molar-refractivity contribution >= 4 is 34.7 Å². The molecule has 9 N–H and O–H groups in total. The average Bonchev–Trinajstić information content (AvgIpc) is 3.36. The van der Waals surface area contributed by atoms with Crippen molar-refractivity contribution in [2.75, 3.05) is 10.3 Å². The van der Waals surface area contributed by atoms with Gasteiger partial charge in [-0.1, -0.05) is 0 Å². The lowest BCUT2D eigenvalue weighted by Gasteiger charge is -2.18.